The van der Waals surface area contributed by atoms with E-state index in [-0.39, 0.29) is 82.8 Å². The van der Waals surface area contributed by atoms with Crippen LogP contribution in [0.2, 0.25) is 0 Å². The fraction of sp³-hybridized carbons (Fsp3) is 0.533. The molecule has 0 saturated carbocycles. The summed E-state index contributed by atoms with van der Waals surface area (Å²) in [5, 5.41) is 65.7. The summed E-state index contributed by atoms with van der Waals surface area (Å²) in [5.41, 5.74) is 16.9. The minimum Gasteiger partial charge on any atom is -0.480 e. The van der Waals surface area contributed by atoms with Crippen LogP contribution in [0.4, 0.5) is 13.2 Å². The van der Waals surface area contributed by atoms with Gasteiger partial charge in [0.15, 0.2) is 11.9 Å². The number of carbonyl (C=O) groups is 12. The van der Waals surface area contributed by atoms with Crippen molar-refractivity contribution in [3.8, 4) is 0 Å². The van der Waals surface area contributed by atoms with E-state index in [1.54, 1.807) is 66.1 Å². The number of para-hydroxylation sites is 1. The summed E-state index contributed by atoms with van der Waals surface area (Å²) in [6.07, 6.45) is -7.30. The molecular weight excluding hydrogens is 1290 g/mol. The summed E-state index contributed by atoms with van der Waals surface area (Å²) < 4.78 is 38.4. The fourth-order valence-electron chi connectivity index (χ4n) is 9.60. The highest BCUT2D eigenvalue weighted by atomic mass is 32.1. The zero-order valence-electron chi connectivity index (χ0n) is 53.8. The van der Waals surface area contributed by atoms with E-state index in [4.69, 9.17) is 28.0 Å². The normalized spacial score (nSPS) is 14.5. The number of nitrogens with one attached hydrogen (secondary N) is 15. The van der Waals surface area contributed by atoms with E-state index in [0.717, 1.165) is 6.92 Å². The number of benzene rings is 2. The summed E-state index contributed by atoms with van der Waals surface area (Å²) in [6.45, 7) is 6.45. The molecule has 96 heavy (non-hydrogen) atoms. The summed E-state index contributed by atoms with van der Waals surface area (Å²) in [5.74, 6) is -14.7. The second-order valence-electron chi connectivity index (χ2n) is 23.6. The molecule has 0 saturated heterocycles. The molecule has 10 atom stereocenters. The highest BCUT2D eigenvalue weighted by Crippen LogP contribution is 2.22. The number of thiol groups is 1. The number of H-pyrrole nitrogens is 1. The number of nitrogens with two attached hydrogens (primary N) is 3. The Morgan fingerprint density at radius 2 is 0.990 bits per heavy atom. The van der Waals surface area contributed by atoms with Crippen LogP contribution in [0.5, 0.6) is 0 Å². The van der Waals surface area contributed by atoms with Gasteiger partial charge in [-0.15, -0.1) is 0 Å². The molecule has 0 unspecified atom stereocenters. The van der Waals surface area contributed by atoms with Gasteiger partial charge in [0.1, 0.15) is 54.4 Å². The summed E-state index contributed by atoms with van der Waals surface area (Å²) in [6, 6.07) is 0.965. The van der Waals surface area contributed by atoms with Gasteiger partial charge in [0.25, 0.3) is 0 Å². The van der Waals surface area contributed by atoms with Crippen LogP contribution in [-0.2, 0) is 70.4 Å². The van der Waals surface area contributed by atoms with E-state index >= 15 is 0 Å². The summed E-state index contributed by atoms with van der Waals surface area (Å²) >= 11 is 4.21. The van der Waals surface area contributed by atoms with Crippen LogP contribution in [0.15, 0.2) is 60.8 Å². The van der Waals surface area contributed by atoms with Gasteiger partial charge in [-0.25, -0.2) is 4.79 Å². The van der Waals surface area contributed by atoms with Crippen molar-refractivity contribution >= 4 is 106 Å². The molecule has 23 N–H and O–H groups in total. The van der Waals surface area contributed by atoms with Crippen molar-refractivity contribution in [3.05, 3.63) is 71.9 Å². The monoisotopic (exact) mass is 1370 g/mol. The Morgan fingerprint density at radius 1 is 0.552 bits per heavy atom. The van der Waals surface area contributed by atoms with Gasteiger partial charge in [-0.2, -0.15) is 25.8 Å². The number of fused-ring (bicyclic) bond motifs is 1. The molecule has 32 nitrogen and oxygen atoms in total. The molecule has 1 heterocycles. The molecule has 2 aromatic carbocycles. The Kier molecular flexibility index (Phi) is 32.9. The Labute approximate surface area is 556 Å². The first-order chi connectivity index (χ1) is 45.0. The van der Waals surface area contributed by atoms with Gasteiger partial charge in [-0.3, -0.25) is 63.6 Å². The molecule has 0 radical (unpaired) electrons. The summed E-state index contributed by atoms with van der Waals surface area (Å²) in [7, 11) is 0. The standard InChI is InChI=1S/C60H89F3N18O14S/c1-31(82)45(54(92)76-38(19-11-12-24-69-56(95)60(61,62)63)50(88)81-46(55(93)94)59(3,4)5)80-53(91)43(30-96)79-49(87)40(22-23-44(64)84)75-52(90)42(28-34-29-72-36-18-10-9-17-35(34)36)78-51(89)41(27-33-15-7-6-8-16-33)77-48(86)39(21-14-26-71-58(67)68)74-47(85)37(73-32(2)83)20-13-25-70-57(65)66/h6-10,15-18,29,31,37-43,45-46,72,82,96H,11-14,19-28,30H2,1-5H3,(H2,64,84)(H,69,95)(H,73,83)(H,74,85)(H,75,90)(H,76,92)(H,77,86)(H,78,89)(H,79,87)(H,80,91)(H,81,88)(H,93,94)(H4,65,66,70)(H4,67,68,71)/t31-,37+,38+,39+,40+,41+,42+,43+,45+,46-/m1/s1. The average Bonchev–Trinajstić information content (AvgIpc) is 1.74. The number of carboxylic acids is 1. The first-order valence-corrected chi connectivity index (χ1v) is 31.3. The fourth-order valence-corrected chi connectivity index (χ4v) is 9.85. The number of hydrogen-bond donors (Lipinski definition) is 21. The van der Waals surface area contributed by atoms with E-state index in [1.165, 1.54) is 27.7 Å². The number of aromatic amines is 1. The van der Waals surface area contributed by atoms with Gasteiger partial charge in [0, 0.05) is 68.7 Å². The van der Waals surface area contributed by atoms with E-state index in [1.807, 2.05) is 0 Å². The quantitative estimate of drug-likeness (QED) is 0.0120. The zero-order chi connectivity index (χ0) is 72.0. The lowest BCUT2D eigenvalue weighted by Crippen LogP contribution is -2.62. The molecule has 3 aromatic rings. The third-order valence-corrected chi connectivity index (χ3v) is 15.0. The molecule has 11 amide bonds. The zero-order valence-corrected chi connectivity index (χ0v) is 54.7. The van der Waals surface area contributed by atoms with Crippen molar-refractivity contribution in [2.45, 2.75) is 172 Å². The van der Waals surface area contributed by atoms with E-state index in [9.17, 15) is 80.9 Å². The lowest BCUT2D eigenvalue weighted by Gasteiger charge is -2.31. The number of rotatable bonds is 40. The minimum absolute atomic E-state index is 0.0365. The number of aromatic nitrogens is 1. The number of halogens is 3. The van der Waals surface area contributed by atoms with Crippen molar-refractivity contribution in [2.75, 3.05) is 25.4 Å². The van der Waals surface area contributed by atoms with Gasteiger partial charge < -0.3 is 96.2 Å². The van der Waals surface area contributed by atoms with Gasteiger partial charge in [-0.1, -0.05) is 69.3 Å². The third kappa shape index (κ3) is 28.5. The van der Waals surface area contributed by atoms with Crippen LogP contribution in [-0.4, -0.2) is 190 Å². The number of alkyl halides is 3. The molecule has 0 spiro atoms. The number of carboxylic acid groups (broad SMARTS) is 1. The molecule has 0 aliphatic carbocycles. The number of guanidine groups is 2. The highest BCUT2D eigenvalue weighted by molar-refractivity contribution is 7.80. The van der Waals surface area contributed by atoms with E-state index in [2.05, 4.69) is 76.1 Å². The Morgan fingerprint density at radius 3 is 1.48 bits per heavy atom. The SMILES string of the molecule is CC(=O)N[C@@H](CCCNC(=N)N)C(=O)N[C@@H](CCCNC(=N)N)C(=O)N[C@@H](Cc1ccccc1)C(=O)N[C@@H](Cc1c[nH]c2ccccc12)C(=O)N[C@@H](CCC(N)=O)C(=O)N[C@@H](CS)C(=O)N[C@H](C(=O)N[C@@H](CCCCNC(=O)C(F)(F)F)C(=O)N[C@H](C(=O)O)C(C)(C)C)[C@@H](C)O. The highest BCUT2D eigenvalue weighted by Gasteiger charge is 2.40. The topological polar surface area (TPSA) is 531 Å². The third-order valence-electron chi connectivity index (χ3n) is 14.6. The van der Waals surface area contributed by atoms with Crippen LogP contribution >= 0.6 is 12.6 Å². The lowest BCUT2D eigenvalue weighted by molar-refractivity contribution is -0.173. The van der Waals surface area contributed by atoms with Crippen LogP contribution in [0, 0.1) is 16.2 Å². The second-order valence-corrected chi connectivity index (χ2v) is 24.0. The number of primary amides is 1. The first kappa shape index (κ1) is 80.5. The van der Waals surface area contributed by atoms with Gasteiger partial charge in [0.05, 0.1) is 6.10 Å². The number of aliphatic carboxylic acids is 1. The van der Waals surface area contributed by atoms with Crippen LogP contribution in [0.3, 0.4) is 0 Å². The molecule has 0 aliphatic rings. The Bertz CT molecular complexity index is 3210. The van der Waals surface area contributed by atoms with Crippen LogP contribution in [0.25, 0.3) is 10.9 Å². The number of aliphatic hydroxyl groups excluding tert-OH is 1. The maximum absolute atomic E-state index is 14.9. The smallest absolute Gasteiger partial charge is 0.471 e. The number of aliphatic hydroxyl groups is 1. The number of hydrogen-bond acceptors (Lipinski definition) is 16. The average molecular weight is 1380 g/mol. The maximum Gasteiger partial charge on any atom is 0.471 e. The second kappa shape index (κ2) is 39.2. The van der Waals surface area contributed by atoms with Gasteiger partial charge in [-0.05, 0) is 80.9 Å². The van der Waals surface area contributed by atoms with Crippen LogP contribution < -0.4 is 81.0 Å². The lowest BCUT2D eigenvalue weighted by atomic mass is 9.86. The van der Waals surface area contributed by atoms with E-state index in [0.29, 0.717) is 22.0 Å². The molecule has 530 valence electrons. The number of unbranched alkanes of at least 4 members (excludes halogenated alkanes) is 1. The van der Waals surface area contributed by atoms with E-state index < -0.39 is 168 Å². The molecule has 0 fully saturated rings. The van der Waals surface area contributed by atoms with Crippen molar-refractivity contribution in [1.82, 2.24) is 68.8 Å². The molecule has 36 heteroatoms. The molecular formula is C60H89F3N18O14S. The van der Waals surface area contributed by atoms with Gasteiger partial charge in [0.2, 0.25) is 59.1 Å². The van der Waals surface area contributed by atoms with Crippen molar-refractivity contribution < 1.29 is 80.9 Å². The Balaban J connectivity index is 2.02. The molecule has 3 rings (SSSR count). The van der Waals surface area contributed by atoms with Crippen molar-refractivity contribution in [2.24, 2.45) is 22.6 Å². The number of amides is 11. The molecule has 0 aliphatic heterocycles. The largest absolute Gasteiger partial charge is 0.480 e. The van der Waals surface area contributed by atoms with Crippen LogP contribution in [0.1, 0.15) is 104 Å². The molecule has 1 aromatic heterocycles. The first-order valence-electron chi connectivity index (χ1n) is 30.6. The summed E-state index contributed by atoms with van der Waals surface area (Å²) in [4.78, 5) is 166. The van der Waals surface area contributed by atoms with Crippen molar-refractivity contribution in [1.29, 1.82) is 10.8 Å². The minimum atomic E-state index is -5.18. The predicted octanol–water partition coefficient (Wildman–Crippen LogP) is -2.58. The molecule has 0 bridgehead atoms. The number of carbonyl (C=O) groups excluding carboxylic acids is 11. The van der Waals surface area contributed by atoms with Gasteiger partial charge >= 0.3 is 18.1 Å². The van der Waals surface area contributed by atoms with Crippen molar-refractivity contribution in [3.63, 3.8) is 0 Å². The predicted molar refractivity (Wildman–Crippen MR) is 347 cm³/mol. The maximum atomic E-state index is 14.9. The Hall–Kier alpha value is -9.74.